The van der Waals surface area contributed by atoms with E-state index in [0.29, 0.717) is 80.7 Å². The fourth-order valence-corrected chi connectivity index (χ4v) is 8.32. The highest BCUT2D eigenvalue weighted by molar-refractivity contribution is 6.07. The summed E-state index contributed by atoms with van der Waals surface area (Å²) < 4.78 is 7.53. The van der Waals surface area contributed by atoms with Gasteiger partial charge in [-0.05, 0) is 81.9 Å². The monoisotopic (exact) mass is 625 g/mol. The third-order valence-corrected chi connectivity index (χ3v) is 10.9. The molecule has 1 N–H and O–H groups in total. The van der Waals surface area contributed by atoms with E-state index in [-0.39, 0.29) is 35.7 Å². The van der Waals surface area contributed by atoms with Gasteiger partial charge in [-0.2, -0.15) is 10.4 Å². The Bertz CT molecular complexity index is 1650. The molecular formula is C34H39N7O5. The molecule has 46 heavy (non-hydrogen) atoms. The average Bonchev–Trinajstić information content (AvgIpc) is 3.94. The molecule has 0 unspecified atom stereocenters. The zero-order valence-corrected chi connectivity index (χ0v) is 26.1. The highest BCUT2D eigenvalue weighted by Gasteiger charge is 2.57. The quantitative estimate of drug-likeness (QED) is 0.499. The van der Waals surface area contributed by atoms with E-state index >= 15 is 0 Å². The van der Waals surface area contributed by atoms with E-state index in [4.69, 9.17) is 9.84 Å². The lowest BCUT2D eigenvalue weighted by Crippen LogP contribution is -2.56. The molecule has 5 fully saturated rings. The van der Waals surface area contributed by atoms with Crippen molar-refractivity contribution in [1.29, 1.82) is 5.26 Å². The molecule has 12 heteroatoms. The highest BCUT2D eigenvalue weighted by Crippen LogP contribution is 2.53. The van der Waals surface area contributed by atoms with Gasteiger partial charge in [0.05, 0.1) is 12.1 Å². The van der Waals surface area contributed by atoms with E-state index in [9.17, 15) is 24.4 Å². The Morgan fingerprint density at radius 3 is 2.61 bits per heavy atom. The SMILES string of the molecule is CCN1C(=O)[C@@H](NC(=O)c2cccc(N3CCCC3=O)c2)[C@@H](C2CC2)c2c(C(=O)N3[C@H](C#N)C[C@H]4C[C@H]43)nn(C3CCOCC3)c21. The van der Waals surface area contributed by atoms with E-state index < -0.39 is 23.9 Å². The summed E-state index contributed by atoms with van der Waals surface area (Å²) in [6, 6.07) is 7.97. The van der Waals surface area contributed by atoms with Crippen LogP contribution in [-0.4, -0.2) is 82.7 Å². The largest absolute Gasteiger partial charge is 0.381 e. The van der Waals surface area contributed by atoms with Crippen molar-refractivity contribution >= 4 is 35.1 Å². The molecule has 3 saturated heterocycles. The minimum atomic E-state index is -0.887. The number of likely N-dealkylation sites (N-methyl/N-ethyl adjacent to an activating group) is 1. The number of likely N-dealkylation sites (tertiary alicyclic amines) is 1. The number of ether oxygens (including phenoxy) is 1. The van der Waals surface area contributed by atoms with Gasteiger partial charge in [0.25, 0.3) is 17.7 Å². The smallest absolute Gasteiger partial charge is 0.276 e. The summed E-state index contributed by atoms with van der Waals surface area (Å²) in [6.45, 7) is 4.00. The Hall–Kier alpha value is -4.24. The maximum atomic E-state index is 14.5. The second kappa shape index (κ2) is 11.2. The number of hydrogen-bond acceptors (Lipinski definition) is 7. The van der Waals surface area contributed by atoms with Crippen molar-refractivity contribution < 1.29 is 23.9 Å². The van der Waals surface area contributed by atoms with E-state index in [1.165, 1.54) is 0 Å². The Morgan fingerprint density at radius 1 is 1.11 bits per heavy atom. The number of nitrogens with zero attached hydrogens (tertiary/aromatic N) is 6. The van der Waals surface area contributed by atoms with Crippen molar-refractivity contribution in [1.82, 2.24) is 20.0 Å². The molecule has 0 spiro atoms. The second-order valence-electron chi connectivity index (χ2n) is 13.6. The molecule has 2 aromatic rings. The van der Waals surface area contributed by atoms with Crippen molar-refractivity contribution in [3.63, 3.8) is 0 Å². The first-order valence-corrected chi connectivity index (χ1v) is 16.8. The Morgan fingerprint density at radius 2 is 1.91 bits per heavy atom. The maximum Gasteiger partial charge on any atom is 0.276 e. The van der Waals surface area contributed by atoms with Crippen LogP contribution in [0.4, 0.5) is 11.5 Å². The van der Waals surface area contributed by atoms with Gasteiger partial charge in [0.2, 0.25) is 5.91 Å². The number of nitrogens with one attached hydrogen (secondary N) is 1. The van der Waals surface area contributed by atoms with Crippen LogP contribution in [0.3, 0.4) is 0 Å². The van der Waals surface area contributed by atoms with Gasteiger partial charge in [0.15, 0.2) is 5.69 Å². The Balaban J connectivity index is 1.20. The molecule has 1 aromatic carbocycles. The van der Waals surface area contributed by atoms with Crippen molar-refractivity contribution in [3.05, 3.63) is 41.1 Å². The van der Waals surface area contributed by atoms with Crippen LogP contribution in [0.5, 0.6) is 0 Å². The first-order valence-electron chi connectivity index (χ1n) is 16.8. The highest BCUT2D eigenvalue weighted by atomic mass is 16.5. The molecule has 4 amide bonds. The van der Waals surface area contributed by atoms with E-state index in [2.05, 4.69) is 11.4 Å². The summed E-state index contributed by atoms with van der Waals surface area (Å²) in [5.74, 6) is -0.131. The fourth-order valence-electron chi connectivity index (χ4n) is 8.32. The van der Waals surface area contributed by atoms with E-state index in [1.807, 2.05) is 17.7 Å². The van der Waals surface area contributed by atoms with Crippen LogP contribution in [0, 0.1) is 23.2 Å². The molecule has 1 aromatic heterocycles. The Kier molecular flexibility index (Phi) is 7.12. The summed E-state index contributed by atoms with van der Waals surface area (Å²) in [5, 5.41) is 18.0. The molecule has 4 aliphatic heterocycles. The van der Waals surface area contributed by atoms with Crippen molar-refractivity contribution in [2.45, 2.75) is 88.4 Å². The normalized spacial score (nSPS) is 29.0. The number of amides is 4. The maximum absolute atomic E-state index is 14.5. The van der Waals surface area contributed by atoms with Crippen LogP contribution in [0.15, 0.2) is 24.3 Å². The number of piperidine rings is 1. The van der Waals surface area contributed by atoms with Gasteiger partial charge in [-0.3, -0.25) is 24.1 Å². The summed E-state index contributed by atoms with van der Waals surface area (Å²) in [7, 11) is 0. The summed E-state index contributed by atoms with van der Waals surface area (Å²) in [5.41, 5.74) is 2.08. The molecule has 12 nitrogen and oxygen atoms in total. The zero-order valence-electron chi connectivity index (χ0n) is 26.1. The van der Waals surface area contributed by atoms with Gasteiger partial charge < -0.3 is 19.9 Å². The van der Waals surface area contributed by atoms with Gasteiger partial charge in [-0.15, -0.1) is 0 Å². The van der Waals surface area contributed by atoms with Gasteiger partial charge in [0, 0.05) is 61.5 Å². The number of benzene rings is 1. The first kappa shape index (κ1) is 29.2. The predicted octanol–water partition coefficient (Wildman–Crippen LogP) is 3.15. The lowest BCUT2D eigenvalue weighted by molar-refractivity contribution is -0.121. The molecule has 0 bridgehead atoms. The minimum Gasteiger partial charge on any atom is -0.381 e. The summed E-state index contributed by atoms with van der Waals surface area (Å²) >= 11 is 0. The second-order valence-corrected chi connectivity index (χ2v) is 13.6. The summed E-state index contributed by atoms with van der Waals surface area (Å²) in [4.78, 5) is 60.3. The van der Waals surface area contributed by atoms with Crippen LogP contribution in [0.2, 0.25) is 0 Å². The third-order valence-electron chi connectivity index (χ3n) is 10.9. The predicted molar refractivity (Wildman–Crippen MR) is 166 cm³/mol. The average molecular weight is 626 g/mol. The molecule has 0 radical (unpaired) electrons. The number of rotatable bonds is 7. The fraction of sp³-hybridized carbons (Fsp3) is 0.588. The number of aromatic nitrogens is 2. The molecule has 8 rings (SSSR count). The first-order chi connectivity index (χ1) is 22.4. The minimum absolute atomic E-state index is 0.0350. The number of fused-ring (bicyclic) bond motifs is 2. The number of nitriles is 1. The van der Waals surface area contributed by atoms with Gasteiger partial charge in [0.1, 0.15) is 17.9 Å². The van der Waals surface area contributed by atoms with Crippen LogP contribution in [0.1, 0.15) is 96.7 Å². The molecule has 240 valence electrons. The summed E-state index contributed by atoms with van der Waals surface area (Å²) in [6.07, 6.45) is 6.05. The third kappa shape index (κ3) is 4.70. The van der Waals surface area contributed by atoms with Crippen molar-refractivity contribution in [2.75, 3.05) is 36.1 Å². The number of carbonyl (C=O) groups is 4. The van der Waals surface area contributed by atoms with Gasteiger partial charge in [-0.25, -0.2) is 4.68 Å². The van der Waals surface area contributed by atoms with Crippen LogP contribution < -0.4 is 15.1 Å². The molecule has 2 aliphatic carbocycles. The van der Waals surface area contributed by atoms with Crippen LogP contribution in [-0.2, 0) is 14.3 Å². The molecule has 6 aliphatic rings. The standard InChI is InChI=1S/C34H39N7O5/c1-2-38-32-28(30(37-41(32)22-10-13-46-14-11-22)34(45)40-24(18-35)16-21-17-25(21)40)27(19-8-9-19)29(33(38)44)36-31(43)20-5-3-6-23(15-20)39-12-4-7-26(39)42/h3,5-6,15,19,21-22,24-25,27,29H,2,4,7-14,16-17H2,1H3,(H,36,43)/t21-,24-,25+,27-,29-/m0/s1. The lowest BCUT2D eigenvalue weighted by atomic mass is 9.82. The number of hydrogen-bond donors (Lipinski definition) is 1. The molecule has 2 saturated carbocycles. The zero-order chi connectivity index (χ0) is 31.7. The van der Waals surface area contributed by atoms with Crippen LogP contribution in [0.25, 0.3) is 0 Å². The number of carbonyl (C=O) groups excluding carboxylic acids is 4. The van der Waals surface area contributed by atoms with Gasteiger partial charge >= 0.3 is 0 Å². The van der Waals surface area contributed by atoms with Gasteiger partial charge in [-0.1, -0.05) is 6.07 Å². The lowest BCUT2D eigenvalue weighted by Gasteiger charge is -2.39. The van der Waals surface area contributed by atoms with E-state index in [1.54, 1.807) is 32.9 Å². The van der Waals surface area contributed by atoms with Crippen LogP contribution >= 0.6 is 0 Å². The molecular weight excluding hydrogens is 586 g/mol. The number of anilines is 2. The Labute approximate surface area is 267 Å². The molecule has 5 heterocycles. The van der Waals surface area contributed by atoms with Crippen molar-refractivity contribution in [2.24, 2.45) is 11.8 Å². The van der Waals surface area contributed by atoms with E-state index in [0.717, 1.165) is 31.2 Å². The molecule has 5 atom stereocenters. The van der Waals surface area contributed by atoms with Crippen molar-refractivity contribution in [3.8, 4) is 6.07 Å². The topological polar surface area (TPSA) is 141 Å².